The van der Waals surface area contributed by atoms with Crippen LogP contribution in [0, 0.1) is 13.8 Å². The zero-order valence-corrected chi connectivity index (χ0v) is 18.8. The topological polar surface area (TPSA) is 53.3 Å². The molecule has 31 heavy (non-hydrogen) atoms. The molecule has 2 atom stereocenters. The molecule has 5 nitrogen and oxygen atoms in total. The van der Waals surface area contributed by atoms with E-state index in [1.54, 1.807) is 12.1 Å². The Morgan fingerprint density at radius 2 is 1.81 bits per heavy atom. The number of benzene rings is 1. The first-order valence-corrected chi connectivity index (χ1v) is 11.4. The molecule has 1 aliphatic carbocycles. The second-order valence-electron chi connectivity index (χ2n) is 8.65. The highest BCUT2D eigenvalue weighted by molar-refractivity contribution is 7.80. The molecule has 160 valence electrons. The molecule has 2 aromatic heterocycles. The van der Waals surface area contributed by atoms with Gasteiger partial charge in [0, 0.05) is 29.3 Å². The van der Waals surface area contributed by atoms with Gasteiger partial charge in [0.2, 0.25) is 0 Å². The Labute approximate surface area is 188 Å². The van der Waals surface area contributed by atoms with Gasteiger partial charge < -0.3 is 19.9 Å². The van der Waals surface area contributed by atoms with Crippen molar-refractivity contribution in [3.63, 3.8) is 0 Å². The largest absolute Gasteiger partial charge is 0.508 e. The molecule has 1 aliphatic heterocycles. The van der Waals surface area contributed by atoms with Crippen molar-refractivity contribution >= 4 is 17.3 Å². The second-order valence-corrected chi connectivity index (χ2v) is 9.04. The van der Waals surface area contributed by atoms with Crippen LogP contribution in [-0.4, -0.2) is 30.7 Å². The van der Waals surface area contributed by atoms with Crippen molar-refractivity contribution in [3.8, 4) is 11.4 Å². The Morgan fingerprint density at radius 1 is 1.06 bits per heavy atom. The lowest BCUT2D eigenvalue weighted by Crippen LogP contribution is -2.37. The number of pyridine rings is 1. The SMILES string of the molecule is Cc1cc([C@@H]2[C@H](c3ccccn3)NC(=S)N2C2CCCC2)c(C)n1-c1ccc(O)cc1. The highest BCUT2D eigenvalue weighted by atomic mass is 32.1. The summed E-state index contributed by atoms with van der Waals surface area (Å²) < 4.78 is 2.26. The summed E-state index contributed by atoms with van der Waals surface area (Å²) in [5.74, 6) is 0.277. The first kappa shape index (κ1) is 20.1. The van der Waals surface area contributed by atoms with Gasteiger partial charge in [-0.15, -0.1) is 0 Å². The number of hydrogen-bond acceptors (Lipinski definition) is 3. The molecular weight excluding hydrogens is 404 g/mol. The first-order valence-electron chi connectivity index (χ1n) is 11.0. The number of aromatic nitrogens is 2. The van der Waals surface area contributed by atoms with E-state index in [0.717, 1.165) is 16.5 Å². The summed E-state index contributed by atoms with van der Waals surface area (Å²) in [6, 6.07) is 16.4. The van der Waals surface area contributed by atoms with E-state index in [1.807, 2.05) is 30.5 Å². The van der Waals surface area contributed by atoms with E-state index in [9.17, 15) is 5.11 Å². The van der Waals surface area contributed by atoms with Gasteiger partial charge in [-0.1, -0.05) is 18.9 Å². The molecule has 1 saturated heterocycles. The van der Waals surface area contributed by atoms with Crippen LogP contribution < -0.4 is 5.32 Å². The molecule has 1 aromatic carbocycles. The maximum Gasteiger partial charge on any atom is 0.170 e. The number of thiocarbonyl (C=S) groups is 1. The van der Waals surface area contributed by atoms with E-state index in [-0.39, 0.29) is 17.8 Å². The maximum absolute atomic E-state index is 9.72. The summed E-state index contributed by atoms with van der Waals surface area (Å²) in [5, 5.41) is 14.2. The Balaban J connectivity index is 1.63. The van der Waals surface area contributed by atoms with Gasteiger partial charge in [0.1, 0.15) is 5.75 Å². The number of nitrogens with zero attached hydrogens (tertiary/aromatic N) is 3. The lowest BCUT2D eigenvalue weighted by atomic mass is 9.95. The van der Waals surface area contributed by atoms with Gasteiger partial charge in [0.05, 0.1) is 17.8 Å². The van der Waals surface area contributed by atoms with Gasteiger partial charge in [-0.05, 0) is 86.9 Å². The number of aromatic hydroxyl groups is 1. The van der Waals surface area contributed by atoms with E-state index < -0.39 is 0 Å². The zero-order valence-electron chi connectivity index (χ0n) is 18.0. The number of phenolic OH excluding ortho intramolecular Hbond substituents is 1. The van der Waals surface area contributed by atoms with Gasteiger partial charge >= 0.3 is 0 Å². The van der Waals surface area contributed by atoms with Crippen molar-refractivity contribution in [2.45, 2.75) is 57.7 Å². The summed E-state index contributed by atoms with van der Waals surface area (Å²) in [7, 11) is 0. The number of nitrogens with one attached hydrogen (secondary N) is 1. The third kappa shape index (κ3) is 3.49. The fourth-order valence-electron chi connectivity index (χ4n) is 5.36. The first-order chi connectivity index (χ1) is 15.0. The number of aryl methyl sites for hydroxylation is 1. The van der Waals surface area contributed by atoms with Gasteiger partial charge in [-0.3, -0.25) is 4.98 Å². The predicted octanol–water partition coefficient (Wildman–Crippen LogP) is 5.11. The minimum Gasteiger partial charge on any atom is -0.508 e. The highest BCUT2D eigenvalue weighted by Crippen LogP contribution is 2.44. The van der Waals surface area contributed by atoms with Crippen LogP contribution in [0.4, 0.5) is 0 Å². The molecule has 0 unspecified atom stereocenters. The summed E-state index contributed by atoms with van der Waals surface area (Å²) in [5.41, 5.74) is 5.71. The van der Waals surface area contributed by atoms with Crippen LogP contribution in [-0.2, 0) is 0 Å². The van der Waals surface area contributed by atoms with E-state index in [0.29, 0.717) is 6.04 Å². The maximum atomic E-state index is 9.72. The Hall–Kier alpha value is -2.86. The smallest absolute Gasteiger partial charge is 0.170 e. The normalized spacial score (nSPS) is 21.6. The molecule has 1 saturated carbocycles. The van der Waals surface area contributed by atoms with Gasteiger partial charge in [0.25, 0.3) is 0 Å². The summed E-state index contributed by atoms with van der Waals surface area (Å²) in [6.45, 7) is 4.32. The number of phenols is 1. The molecule has 0 amide bonds. The Kier molecular flexibility index (Phi) is 5.18. The fraction of sp³-hybridized carbons (Fsp3) is 0.360. The van der Waals surface area contributed by atoms with Crippen molar-refractivity contribution in [3.05, 3.63) is 77.4 Å². The van der Waals surface area contributed by atoms with Crippen LogP contribution in [0.3, 0.4) is 0 Å². The average Bonchev–Trinajstić information content (AvgIpc) is 3.48. The Bertz CT molecular complexity index is 1090. The molecule has 6 heteroatoms. The van der Waals surface area contributed by atoms with E-state index in [4.69, 9.17) is 12.2 Å². The quantitative estimate of drug-likeness (QED) is 0.561. The zero-order chi connectivity index (χ0) is 21.5. The predicted molar refractivity (Wildman–Crippen MR) is 126 cm³/mol. The standard InChI is InChI=1S/C25H28N4OS/c1-16-15-21(17(2)28(16)19-10-12-20(30)13-11-19)24-23(22-9-5-6-14-26-22)27-25(31)29(24)18-7-3-4-8-18/h5-6,9-15,18,23-24,30H,3-4,7-8H2,1-2H3,(H,27,31)/t23-,24+/m0/s1. The van der Waals surface area contributed by atoms with E-state index in [1.165, 1.54) is 42.6 Å². The third-order valence-electron chi connectivity index (χ3n) is 6.75. The molecule has 0 radical (unpaired) electrons. The number of hydrogen-bond donors (Lipinski definition) is 2. The van der Waals surface area contributed by atoms with Crippen LogP contribution in [0.1, 0.15) is 60.4 Å². The number of rotatable bonds is 4. The van der Waals surface area contributed by atoms with Crippen molar-refractivity contribution in [1.82, 2.24) is 19.8 Å². The molecule has 3 heterocycles. The van der Waals surface area contributed by atoms with Gasteiger partial charge in [-0.25, -0.2) is 0 Å². The third-order valence-corrected chi connectivity index (χ3v) is 7.08. The molecule has 0 bridgehead atoms. The lowest BCUT2D eigenvalue weighted by Gasteiger charge is -2.33. The van der Waals surface area contributed by atoms with E-state index >= 15 is 0 Å². The summed E-state index contributed by atoms with van der Waals surface area (Å²) in [6.07, 6.45) is 6.75. The second kappa shape index (κ2) is 8.00. The average molecular weight is 433 g/mol. The van der Waals surface area contributed by atoms with Crippen LogP contribution >= 0.6 is 12.2 Å². The molecule has 2 N–H and O–H groups in total. The van der Waals surface area contributed by atoms with Crippen LogP contribution in [0.25, 0.3) is 5.69 Å². The van der Waals surface area contributed by atoms with Crippen molar-refractivity contribution in [2.24, 2.45) is 0 Å². The molecule has 0 spiro atoms. The monoisotopic (exact) mass is 432 g/mol. The van der Waals surface area contributed by atoms with Crippen molar-refractivity contribution < 1.29 is 5.11 Å². The summed E-state index contributed by atoms with van der Waals surface area (Å²) >= 11 is 5.87. The van der Waals surface area contributed by atoms with Gasteiger partial charge in [-0.2, -0.15) is 0 Å². The van der Waals surface area contributed by atoms with Crippen molar-refractivity contribution in [2.75, 3.05) is 0 Å². The molecular formula is C25H28N4OS. The van der Waals surface area contributed by atoms with Gasteiger partial charge in [0.15, 0.2) is 5.11 Å². The lowest BCUT2D eigenvalue weighted by molar-refractivity contribution is 0.245. The minimum absolute atomic E-state index is 0.0167. The molecule has 2 fully saturated rings. The minimum atomic E-state index is 0.0167. The summed E-state index contributed by atoms with van der Waals surface area (Å²) in [4.78, 5) is 7.12. The highest BCUT2D eigenvalue weighted by Gasteiger charge is 2.44. The fourth-order valence-corrected chi connectivity index (χ4v) is 5.75. The molecule has 2 aliphatic rings. The van der Waals surface area contributed by atoms with E-state index in [2.05, 4.69) is 45.7 Å². The van der Waals surface area contributed by atoms with Crippen LogP contribution in [0.5, 0.6) is 5.75 Å². The van der Waals surface area contributed by atoms with Crippen molar-refractivity contribution in [1.29, 1.82) is 0 Å². The molecule has 5 rings (SSSR count). The Morgan fingerprint density at radius 3 is 2.48 bits per heavy atom. The molecule has 3 aromatic rings. The van der Waals surface area contributed by atoms with Crippen LogP contribution in [0.2, 0.25) is 0 Å². The van der Waals surface area contributed by atoms with Crippen LogP contribution in [0.15, 0.2) is 54.7 Å².